The molecule has 28 heavy (non-hydrogen) atoms. The summed E-state index contributed by atoms with van der Waals surface area (Å²) in [6.45, 7) is 4.22. The number of carbonyl (C=O) groups excluding carboxylic acids is 1. The number of hydrogen-bond donors (Lipinski definition) is 0. The molecule has 152 valence electrons. The van der Waals surface area contributed by atoms with E-state index in [1.54, 1.807) is 7.11 Å². The molecule has 0 radical (unpaired) electrons. The molecule has 0 atom stereocenters. The number of methoxy groups -OCH3 is 1. The van der Waals surface area contributed by atoms with Crippen molar-refractivity contribution < 1.29 is 9.53 Å². The SMILES string of the molecule is COc1cccc(-c2nnc(SCC(=O)N(C(C)C)C3CCCCC3)n2C)c1. The van der Waals surface area contributed by atoms with Crippen molar-refractivity contribution in [2.45, 2.75) is 63.2 Å². The van der Waals surface area contributed by atoms with E-state index in [1.807, 2.05) is 35.9 Å². The van der Waals surface area contributed by atoms with E-state index < -0.39 is 0 Å². The smallest absolute Gasteiger partial charge is 0.233 e. The molecule has 0 bridgehead atoms. The molecule has 6 nitrogen and oxygen atoms in total. The number of carbonyl (C=O) groups is 1. The van der Waals surface area contributed by atoms with E-state index in [9.17, 15) is 4.79 Å². The predicted molar refractivity (Wildman–Crippen MR) is 113 cm³/mol. The first kappa shape index (κ1) is 20.7. The minimum absolute atomic E-state index is 0.192. The van der Waals surface area contributed by atoms with Gasteiger partial charge >= 0.3 is 0 Å². The molecule has 1 heterocycles. The second kappa shape index (κ2) is 9.45. The van der Waals surface area contributed by atoms with Crippen molar-refractivity contribution in [2.75, 3.05) is 12.9 Å². The number of ether oxygens (including phenoxy) is 1. The van der Waals surface area contributed by atoms with Crippen LogP contribution in [0.3, 0.4) is 0 Å². The number of aromatic nitrogens is 3. The Hall–Kier alpha value is -2.02. The fourth-order valence-corrected chi connectivity index (χ4v) is 4.71. The molecule has 0 unspecified atom stereocenters. The van der Waals surface area contributed by atoms with E-state index in [2.05, 4.69) is 28.9 Å². The summed E-state index contributed by atoms with van der Waals surface area (Å²) in [6, 6.07) is 8.36. The van der Waals surface area contributed by atoms with Crippen molar-refractivity contribution in [1.29, 1.82) is 0 Å². The zero-order valence-corrected chi connectivity index (χ0v) is 18.0. The Kier molecular flexibility index (Phi) is 6.99. The van der Waals surface area contributed by atoms with Crippen molar-refractivity contribution in [3.63, 3.8) is 0 Å². The van der Waals surface area contributed by atoms with Crippen LogP contribution in [0.2, 0.25) is 0 Å². The maximum atomic E-state index is 13.0. The molecule has 1 aromatic carbocycles. The first-order valence-electron chi connectivity index (χ1n) is 9.99. The molecular formula is C21H30N4O2S. The molecule has 1 aliphatic carbocycles. The summed E-state index contributed by atoms with van der Waals surface area (Å²) in [5.41, 5.74) is 0.943. The van der Waals surface area contributed by atoms with Gasteiger partial charge in [0.15, 0.2) is 11.0 Å². The number of nitrogens with zero attached hydrogens (tertiary/aromatic N) is 4. The lowest BCUT2D eigenvalue weighted by Gasteiger charge is -2.37. The van der Waals surface area contributed by atoms with Crippen LogP contribution in [-0.4, -0.2) is 50.5 Å². The van der Waals surface area contributed by atoms with Gasteiger partial charge in [0, 0.05) is 24.7 Å². The topological polar surface area (TPSA) is 60.3 Å². The standard InChI is InChI=1S/C21H30N4O2S/c1-15(2)25(17-10-6-5-7-11-17)19(26)14-28-21-23-22-20(24(21)3)16-9-8-12-18(13-16)27-4/h8-9,12-13,15,17H,5-7,10-11,14H2,1-4H3. The zero-order chi connectivity index (χ0) is 20.1. The lowest BCUT2D eigenvalue weighted by Crippen LogP contribution is -2.46. The Morgan fingerprint density at radius 1 is 1.29 bits per heavy atom. The Morgan fingerprint density at radius 3 is 2.71 bits per heavy atom. The van der Waals surface area contributed by atoms with Crippen molar-refractivity contribution in [3.8, 4) is 17.1 Å². The van der Waals surface area contributed by atoms with Crippen LogP contribution in [0.15, 0.2) is 29.4 Å². The van der Waals surface area contributed by atoms with Gasteiger partial charge in [-0.3, -0.25) is 4.79 Å². The number of hydrogen-bond acceptors (Lipinski definition) is 5. The van der Waals surface area contributed by atoms with Gasteiger partial charge in [0.2, 0.25) is 5.91 Å². The van der Waals surface area contributed by atoms with E-state index in [4.69, 9.17) is 4.74 Å². The highest BCUT2D eigenvalue weighted by atomic mass is 32.2. The highest BCUT2D eigenvalue weighted by Crippen LogP contribution is 2.28. The largest absolute Gasteiger partial charge is 0.497 e. The van der Waals surface area contributed by atoms with E-state index in [-0.39, 0.29) is 11.9 Å². The van der Waals surface area contributed by atoms with Crippen LogP contribution in [0.1, 0.15) is 46.0 Å². The summed E-state index contributed by atoms with van der Waals surface area (Å²) in [5, 5.41) is 9.37. The first-order valence-corrected chi connectivity index (χ1v) is 11.0. The quantitative estimate of drug-likeness (QED) is 0.651. The van der Waals surface area contributed by atoms with Crippen molar-refractivity contribution in [2.24, 2.45) is 7.05 Å². The van der Waals surface area contributed by atoms with Crippen LogP contribution in [0.5, 0.6) is 5.75 Å². The number of benzene rings is 1. The zero-order valence-electron chi connectivity index (χ0n) is 17.2. The summed E-state index contributed by atoms with van der Waals surface area (Å²) >= 11 is 1.46. The average molecular weight is 403 g/mol. The molecule has 0 N–H and O–H groups in total. The molecule has 7 heteroatoms. The molecule has 0 saturated heterocycles. The third kappa shape index (κ3) is 4.69. The Balaban J connectivity index is 1.68. The van der Waals surface area contributed by atoms with Crippen LogP contribution in [0, 0.1) is 0 Å². The Labute approximate surface area is 171 Å². The van der Waals surface area contributed by atoms with E-state index >= 15 is 0 Å². The molecule has 1 saturated carbocycles. The summed E-state index contributed by atoms with van der Waals surface area (Å²) in [4.78, 5) is 15.0. The highest BCUT2D eigenvalue weighted by Gasteiger charge is 2.27. The summed E-state index contributed by atoms with van der Waals surface area (Å²) in [7, 11) is 3.58. The molecule has 3 rings (SSSR count). The monoisotopic (exact) mass is 402 g/mol. The molecule has 0 spiro atoms. The molecule has 1 aliphatic rings. The van der Waals surface area contributed by atoms with Gasteiger partial charge in [-0.15, -0.1) is 10.2 Å². The van der Waals surface area contributed by atoms with E-state index in [0.29, 0.717) is 11.8 Å². The van der Waals surface area contributed by atoms with Crippen molar-refractivity contribution in [3.05, 3.63) is 24.3 Å². The Bertz CT molecular complexity index is 799. The maximum Gasteiger partial charge on any atom is 0.233 e. The van der Waals surface area contributed by atoms with Crippen LogP contribution >= 0.6 is 11.8 Å². The second-order valence-electron chi connectivity index (χ2n) is 7.57. The van der Waals surface area contributed by atoms with Crippen LogP contribution in [0.4, 0.5) is 0 Å². The highest BCUT2D eigenvalue weighted by molar-refractivity contribution is 7.99. The van der Waals surface area contributed by atoms with Gasteiger partial charge in [-0.05, 0) is 38.8 Å². The lowest BCUT2D eigenvalue weighted by atomic mass is 9.93. The van der Waals surface area contributed by atoms with Crippen LogP contribution < -0.4 is 4.74 Å². The minimum Gasteiger partial charge on any atom is -0.497 e. The van der Waals surface area contributed by atoms with Gasteiger partial charge in [0.1, 0.15) is 5.75 Å². The molecule has 1 aromatic heterocycles. The summed E-state index contributed by atoms with van der Waals surface area (Å²) in [5.74, 6) is 2.13. The van der Waals surface area contributed by atoms with Gasteiger partial charge in [-0.1, -0.05) is 43.2 Å². The molecule has 0 aliphatic heterocycles. The van der Waals surface area contributed by atoms with Gasteiger partial charge in [-0.25, -0.2) is 0 Å². The normalized spacial score (nSPS) is 15.0. The van der Waals surface area contributed by atoms with Gasteiger partial charge in [0.25, 0.3) is 0 Å². The first-order chi connectivity index (χ1) is 13.5. The number of amides is 1. The Morgan fingerprint density at radius 2 is 2.04 bits per heavy atom. The third-order valence-electron chi connectivity index (χ3n) is 5.30. The van der Waals surface area contributed by atoms with E-state index in [0.717, 1.165) is 35.1 Å². The lowest BCUT2D eigenvalue weighted by molar-refractivity contribution is -0.133. The maximum absolute atomic E-state index is 13.0. The van der Waals surface area contributed by atoms with Crippen molar-refractivity contribution in [1.82, 2.24) is 19.7 Å². The minimum atomic E-state index is 0.192. The van der Waals surface area contributed by atoms with Gasteiger partial charge < -0.3 is 14.2 Å². The van der Waals surface area contributed by atoms with Crippen molar-refractivity contribution >= 4 is 17.7 Å². The average Bonchev–Trinajstić information content (AvgIpc) is 3.07. The number of rotatable bonds is 7. The summed E-state index contributed by atoms with van der Waals surface area (Å²) < 4.78 is 7.23. The fraction of sp³-hybridized carbons (Fsp3) is 0.571. The summed E-state index contributed by atoms with van der Waals surface area (Å²) in [6.07, 6.45) is 5.98. The van der Waals surface area contributed by atoms with Gasteiger partial charge in [-0.2, -0.15) is 0 Å². The molecule has 1 amide bonds. The number of thioether (sulfide) groups is 1. The van der Waals surface area contributed by atoms with Crippen LogP contribution in [-0.2, 0) is 11.8 Å². The third-order valence-corrected chi connectivity index (χ3v) is 6.30. The molecule has 1 fully saturated rings. The van der Waals surface area contributed by atoms with Gasteiger partial charge in [0.05, 0.1) is 12.9 Å². The van der Waals surface area contributed by atoms with E-state index in [1.165, 1.54) is 31.0 Å². The predicted octanol–water partition coefficient (Wildman–Crippen LogP) is 4.15. The fourth-order valence-electron chi connectivity index (χ4n) is 3.93. The second-order valence-corrected chi connectivity index (χ2v) is 8.51. The van der Waals surface area contributed by atoms with Crippen LogP contribution in [0.25, 0.3) is 11.4 Å². The molecule has 2 aromatic rings. The molecular weight excluding hydrogens is 372 g/mol.